The molecule has 1 unspecified atom stereocenters. The lowest BCUT2D eigenvalue weighted by atomic mass is 9.87. The molecule has 98 valence electrons. The van der Waals surface area contributed by atoms with Gasteiger partial charge >= 0.3 is 0 Å². The number of nitrogens with zero attached hydrogens (tertiary/aromatic N) is 1. The number of carbonyl (C=O) groups excluding carboxylic acids is 1. The van der Waals surface area contributed by atoms with Gasteiger partial charge in [0.15, 0.2) is 0 Å². The summed E-state index contributed by atoms with van der Waals surface area (Å²) < 4.78 is 10.4. The van der Waals surface area contributed by atoms with Crippen LogP contribution in [0, 0.1) is 5.41 Å². The van der Waals surface area contributed by atoms with Crippen LogP contribution in [0.3, 0.4) is 0 Å². The van der Waals surface area contributed by atoms with Gasteiger partial charge in [-0.25, -0.2) is 0 Å². The van der Waals surface area contributed by atoms with Crippen molar-refractivity contribution in [1.82, 2.24) is 10.2 Å². The molecule has 0 aliphatic carbocycles. The molecule has 5 heteroatoms. The minimum atomic E-state index is -0.301. The van der Waals surface area contributed by atoms with E-state index in [0.717, 1.165) is 26.3 Å². The average Bonchev–Trinajstić information content (AvgIpc) is 2.33. The number of carbonyl (C=O) groups is 1. The van der Waals surface area contributed by atoms with Gasteiger partial charge in [0.1, 0.15) is 0 Å². The van der Waals surface area contributed by atoms with Gasteiger partial charge < -0.3 is 14.8 Å². The predicted octanol–water partition coefficient (Wildman–Crippen LogP) is -0.140. The van der Waals surface area contributed by atoms with Crippen molar-refractivity contribution >= 4 is 5.91 Å². The number of rotatable bonds is 4. The van der Waals surface area contributed by atoms with Crippen LogP contribution in [0.15, 0.2) is 0 Å². The lowest BCUT2D eigenvalue weighted by Gasteiger charge is -2.37. The van der Waals surface area contributed by atoms with E-state index in [1.165, 1.54) is 0 Å². The van der Waals surface area contributed by atoms with Crippen LogP contribution in [0.25, 0.3) is 0 Å². The third kappa shape index (κ3) is 2.97. The van der Waals surface area contributed by atoms with Gasteiger partial charge in [-0.15, -0.1) is 0 Å². The Balaban J connectivity index is 1.71. The second-order valence-corrected chi connectivity index (χ2v) is 5.26. The molecule has 1 atom stereocenters. The largest absolute Gasteiger partial charge is 0.379 e. The quantitative estimate of drug-likeness (QED) is 0.745. The van der Waals surface area contributed by atoms with E-state index in [0.29, 0.717) is 25.8 Å². The van der Waals surface area contributed by atoms with Gasteiger partial charge in [-0.2, -0.15) is 0 Å². The van der Waals surface area contributed by atoms with Crippen LogP contribution in [0.1, 0.15) is 13.8 Å². The van der Waals surface area contributed by atoms with E-state index < -0.39 is 0 Å². The number of nitrogens with one attached hydrogen (secondary N) is 1. The first-order valence-electron chi connectivity index (χ1n) is 6.30. The molecule has 1 amide bonds. The van der Waals surface area contributed by atoms with Gasteiger partial charge in [0.25, 0.3) is 0 Å². The molecule has 1 N–H and O–H groups in total. The zero-order chi connectivity index (χ0) is 12.3. The maximum absolute atomic E-state index is 11.9. The Morgan fingerprint density at radius 1 is 1.35 bits per heavy atom. The number of hydrogen-bond donors (Lipinski definition) is 1. The second-order valence-electron chi connectivity index (χ2n) is 5.26. The Hall–Kier alpha value is -0.650. The summed E-state index contributed by atoms with van der Waals surface area (Å²) in [5, 5.41) is 3.02. The molecule has 17 heavy (non-hydrogen) atoms. The van der Waals surface area contributed by atoms with Crippen molar-refractivity contribution in [3.63, 3.8) is 0 Å². The molecule has 2 rings (SSSR count). The summed E-state index contributed by atoms with van der Waals surface area (Å²) in [5.74, 6) is 0.115. The summed E-state index contributed by atoms with van der Waals surface area (Å²) >= 11 is 0. The summed E-state index contributed by atoms with van der Waals surface area (Å²) in [5.41, 5.74) is -0.301. The zero-order valence-electron chi connectivity index (χ0n) is 10.7. The normalized spacial score (nSPS) is 26.0. The van der Waals surface area contributed by atoms with E-state index in [-0.39, 0.29) is 11.3 Å². The van der Waals surface area contributed by atoms with E-state index in [2.05, 4.69) is 17.1 Å². The Labute approximate surface area is 102 Å². The van der Waals surface area contributed by atoms with E-state index in [4.69, 9.17) is 9.47 Å². The predicted molar refractivity (Wildman–Crippen MR) is 63.8 cm³/mol. The first kappa shape index (κ1) is 12.8. The van der Waals surface area contributed by atoms with Crippen LogP contribution in [0.5, 0.6) is 0 Å². The Kier molecular flexibility index (Phi) is 4.01. The lowest BCUT2D eigenvalue weighted by Crippen LogP contribution is -2.54. The number of hydrogen-bond acceptors (Lipinski definition) is 4. The number of ether oxygens (including phenoxy) is 2. The highest BCUT2D eigenvalue weighted by atomic mass is 16.5. The summed E-state index contributed by atoms with van der Waals surface area (Å²) in [4.78, 5) is 14.3. The Bertz CT molecular complexity index is 273. The SMILES string of the molecule is CC(CNC(=O)C1(C)COC1)N1CCOCC1. The topological polar surface area (TPSA) is 50.8 Å². The molecular formula is C12H22N2O3. The van der Waals surface area contributed by atoms with Crippen LogP contribution in [0.2, 0.25) is 0 Å². The smallest absolute Gasteiger partial charge is 0.230 e. The van der Waals surface area contributed by atoms with E-state index in [1.54, 1.807) is 0 Å². The molecule has 2 aliphatic rings. The molecule has 0 radical (unpaired) electrons. The number of morpholine rings is 1. The van der Waals surface area contributed by atoms with Crippen LogP contribution in [-0.2, 0) is 14.3 Å². The molecule has 2 saturated heterocycles. The standard InChI is InChI=1S/C12H22N2O3/c1-10(14-3-5-16-6-4-14)7-13-11(15)12(2)8-17-9-12/h10H,3-9H2,1-2H3,(H,13,15). The highest BCUT2D eigenvalue weighted by Gasteiger charge is 2.41. The summed E-state index contributed by atoms with van der Waals surface area (Å²) in [6, 6.07) is 0.368. The van der Waals surface area contributed by atoms with Gasteiger partial charge in [-0.05, 0) is 13.8 Å². The molecule has 0 bridgehead atoms. The van der Waals surface area contributed by atoms with Gasteiger partial charge in [0.05, 0.1) is 31.8 Å². The van der Waals surface area contributed by atoms with Gasteiger partial charge in [-0.3, -0.25) is 9.69 Å². The van der Waals surface area contributed by atoms with E-state index >= 15 is 0 Å². The molecule has 2 heterocycles. The maximum atomic E-state index is 11.9. The van der Waals surface area contributed by atoms with Crippen molar-refractivity contribution < 1.29 is 14.3 Å². The van der Waals surface area contributed by atoms with Crippen molar-refractivity contribution in [3.05, 3.63) is 0 Å². The van der Waals surface area contributed by atoms with Crippen LogP contribution in [0.4, 0.5) is 0 Å². The average molecular weight is 242 g/mol. The Morgan fingerprint density at radius 2 is 2.00 bits per heavy atom. The molecule has 0 aromatic rings. The van der Waals surface area contributed by atoms with E-state index in [1.807, 2.05) is 6.92 Å². The molecule has 5 nitrogen and oxygen atoms in total. The first-order valence-corrected chi connectivity index (χ1v) is 6.30. The highest BCUT2D eigenvalue weighted by Crippen LogP contribution is 2.26. The molecule has 2 fully saturated rings. The van der Waals surface area contributed by atoms with Gasteiger partial charge in [-0.1, -0.05) is 0 Å². The highest BCUT2D eigenvalue weighted by molar-refractivity contribution is 5.83. The van der Waals surface area contributed by atoms with E-state index in [9.17, 15) is 4.79 Å². The number of amides is 1. The summed E-state index contributed by atoms with van der Waals surface area (Å²) in [7, 11) is 0. The van der Waals surface area contributed by atoms with Crippen LogP contribution >= 0.6 is 0 Å². The molecule has 0 saturated carbocycles. The fourth-order valence-corrected chi connectivity index (χ4v) is 2.14. The first-order chi connectivity index (χ1) is 8.12. The summed E-state index contributed by atoms with van der Waals surface area (Å²) in [6.45, 7) is 9.39. The van der Waals surface area contributed by atoms with Crippen molar-refractivity contribution in [3.8, 4) is 0 Å². The lowest BCUT2D eigenvalue weighted by molar-refractivity contribution is -0.157. The maximum Gasteiger partial charge on any atom is 0.230 e. The summed E-state index contributed by atoms with van der Waals surface area (Å²) in [6.07, 6.45) is 0. The molecule has 0 aromatic heterocycles. The molecule has 0 spiro atoms. The van der Waals surface area contributed by atoms with Crippen molar-refractivity contribution in [2.24, 2.45) is 5.41 Å². The van der Waals surface area contributed by atoms with Crippen LogP contribution in [-0.4, -0.2) is 62.9 Å². The van der Waals surface area contributed by atoms with Crippen LogP contribution < -0.4 is 5.32 Å². The second kappa shape index (κ2) is 5.33. The van der Waals surface area contributed by atoms with Gasteiger partial charge in [0.2, 0.25) is 5.91 Å². The zero-order valence-corrected chi connectivity index (χ0v) is 10.7. The minimum absolute atomic E-state index is 0.115. The van der Waals surface area contributed by atoms with Crippen molar-refractivity contribution in [2.75, 3.05) is 46.1 Å². The van der Waals surface area contributed by atoms with Crippen molar-refractivity contribution in [2.45, 2.75) is 19.9 Å². The third-order valence-corrected chi connectivity index (χ3v) is 3.62. The van der Waals surface area contributed by atoms with Crippen molar-refractivity contribution in [1.29, 1.82) is 0 Å². The molecule has 2 aliphatic heterocycles. The monoisotopic (exact) mass is 242 g/mol. The minimum Gasteiger partial charge on any atom is -0.379 e. The fraction of sp³-hybridized carbons (Fsp3) is 0.917. The Morgan fingerprint density at radius 3 is 2.53 bits per heavy atom. The molecular weight excluding hydrogens is 220 g/mol. The fourth-order valence-electron chi connectivity index (χ4n) is 2.14. The van der Waals surface area contributed by atoms with Gasteiger partial charge in [0, 0.05) is 25.7 Å². The third-order valence-electron chi connectivity index (χ3n) is 3.62. The molecule has 0 aromatic carbocycles.